The molecular formula is C13H8N2O2S. The van der Waals surface area contributed by atoms with Gasteiger partial charge in [-0.2, -0.15) is 0 Å². The number of carbonyl (C=O) groups is 1. The molecule has 0 aliphatic rings. The number of fused-ring (bicyclic) bond motifs is 1. The SMILES string of the molecule is O=C(Sc1nc2ccccc2o1)c1ccncc1. The first-order chi connectivity index (χ1) is 8.83. The number of nitrogens with zero attached hydrogens (tertiary/aromatic N) is 2. The molecule has 0 amide bonds. The third kappa shape index (κ3) is 2.12. The van der Waals surface area contributed by atoms with E-state index in [0.717, 1.165) is 17.3 Å². The van der Waals surface area contributed by atoms with E-state index in [0.29, 0.717) is 16.4 Å². The van der Waals surface area contributed by atoms with Crippen LogP contribution in [0.4, 0.5) is 0 Å². The maximum absolute atomic E-state index is 11.9. The molecule has 3 rings (SSSR count). The number of rotatable bonds is 2. The third-order valence-electron chi connectivity index (χ3n) is 2.37. The van der Waals surface area contributed by atoms with E-state index in [1.54, 1.807) is 24.5 Å². The lowest BCUT2D eigenvalue weighted by atomic mass is 10.3. The molecule has 2 aromatic heterocycles. The van der Waals surface area contributed by atoms with Crippen molar-refractivity contribution in [3.05, 3.63) is 54.4 Å². The highest BCUT2D eigenvalue weighted by atomic mass is 32.2. The van der Waals surface area contributed by atoms with E-state index >= 15 is 0 Å². The highest BCUT2D eigenvalue weighted by molar-refractivity contribution is 8.14. The van der Waals surface area contributed by atoms with Crippen LogP contribution in [0.25, 0.3) is 11.1 Å². The standard InChI is InChI=1S/C13H8N2O2S/c16-12(9-5-7-14-8-6-9)18-13-15-10-3-1-2-4-11(10)17-13/h1-8H. The van der Waals surface area contributed by atoms with Crippen LogP contribution >= 0.6 is 11.8 Å². The summed E-state index contributed by atoms with van der Waals surface area (Å²) in [5.74, 6) is 0. The van der Waals surface area contributed by atoms with E-state index < -0.39 is 0 Å². The minimum absolute atomic E-state index is 0.107. The molecule has 0 bridgehead atoms. The molecule has 0 saturated heterocycles. The van der Waals surface area contributed by atoms with Crippen molar-refractivity contribution in [2.45, 2.75) is 5.22 Å². The Labute approximate surface area is 107 Å². The van der Waals surface area contributed by atoms with Crippen molar-refractivity contribution in [3.63, 3.8) is 0 Å². The molecule has 2 heterocycles. The van der Waals surface area contributed by atoms with Gasteiger partial charge in [0.1, 0.15) is 5.52 Å². The fourth-order valence-corrected chi connectivity index (χ4v) is 2.21. The van der Waals surface area contributed by atoms with Gasteiger partial charge >= 0.3 is 0 Å². The van der Waals surface area contributed by atoms with Gasteiger partial charge in [0.25, 0.3) is 5.22 Å². The normalized spacial score (nSPS) is 10.7. The zero-order chi connectivity index (χ0) is 12.4. The number of aromatic nitrogens is 2. The Hall–Kier alpha value is -2.14. The quantitative estimate of drug-likeness (QED) is 0.659. The van der Waals surface area contributed by atoms with E-state index in [4.69, 9.17) is 4.42 Å². The van der Waals surface area contributed by atoms with Crippen molar-refractivity contribution in [3.8, 4) is 0 Å². The van der Waals surface area contributed by atoms with Crippen LogP contribution in [0.2, 0.25) is 0 Å². The van der Waals surface area contributed by atoms with Gasteiger partial charge in [0.2, 0.25) is 5.12 Å². The summed E-state index contributed by atoms with van der Waals surface area (Å²) in [7, 11) is 0. The summed E-state index contributed by atoms with van der Waals surface area (Å²) < 4.78 is 5.48. The van der Waals surface area contributed by atoms with Gasteiger partial charge in [-0.15, -0.1) is 0 Å². The average Bonchev–Trinajstić information content (AvgIpc) is 2.82. The summed E-state index contributed by atoms with van der Waals surface area (Å²) in [6.45, 7) is 0. The number of para-hydroxylation sites is 2. The summed E-state index contributed by atoms with van der Waals surface area (Å²) >= 11 is 0.978. The Morgan fingerprint density at radius 3 is 2.67 bits per heavy atom. The predicted molar refractivity (Wildman–Crippen MR) is 68.4 cm³/mol. The van der Waals surface area contributed by atoms with Crippen molar-refractivity contribution in [2.75, 3.05) is 0 Å². The number of thioether (sulfide) groups is 1. The number of benzene rings is 1. The fraction of sp³-hybridized carbons (Fsp3) is 0. The zero-order valence-electron chi connectivity index (χ0n) is 9.24. The van der Waals surface area contributed by atoms with Crippen molar-refractivity contribution < 1.29 is 9.21 Å². The molecule has 88 valence electrons. The molecule has 0 fully saturated rings. The van der Waals surface area contributed by atoms with E-state index in [9.17, 15) is 4.79 Å². The van der Waals surface area contributed by atoms with Gasteiger partial charge in [0, 0.05) is 29.7 Å². The molecule has 4 nitrogen and oxygen atoms in total. The molecule has 0 aliphatic heterocycles. The summed E-state index contributed by atoms with van der Waals surface area (Å²) in [6.07, 6.45) is 3.17. The van der Waals surface area contributed by atoms with Gasteiger partial charge in [-0.05, 0) is 24.3 Å². The second kappa shape index (κ2) is 4.62. The van der Waals surface area contributed by atoms with E-state index in [1.807, 2.05) is 24.3 Å². The molecule has 0 unspecified atom stereocenters. The minimum Gasteiger partial charge on any atom is -0.431 e. The Morgan fingerprint density at radius 1 is 1.11 bits per heavy atom. The second-order valence-corrected chi connectivity index (χ2v) is 4.50. The van der Waals surface area contributed by atoms with Crippen LogP contribution in [0.15, 0.2) is 58.4 Å². The first-order valence-corrected chi connectivity index (χ1v) is 6.12. The molecule has 0 spiro atoms. The monoisotopic (exact) mass is 256 g/mol. The Balaban J connectivity index is 1.86. The number of carbonyl (C=O) groups excluding carboxylic acids is 1. The van der Waals surface area contributed by atoms with Crippen molar-refractivity contribution in [2.24, 2.45) is 0 Å². The molecule has 5 heteroatoms. The van der Waals surface area contributed by atoms with E-state index in [2.05, 4.69) is 9.97 Å². The maximum Gasteiger partial charge on any atom is 0.264 e. The third-order valence-corrected chi connectivity index (χ3v) is 3.14. The average molecular weight is 256 g/mol. The lowest BCUT2D eigenvalue weighted by Gasteiger charge is -1.95. The Kier molecular flexibility index (Phi) is 2.82. The summed E-state index contributed by atoms with van der Waals surface area (Å²) in [5.41, 5.74) is 2.02. The van der Waals surface area contributed by atoms with Crippen molar-refractivity contribution in [1.29, 1.82) is 0 Å². The summed E-state index contributed by atoms with van der Waals surface area (Å²) in [4.78, 5) is 20.0. The maximum atomic E-state index is 11.9. The van der Waals surface area contributed by atoms with Crippen LogP contribution in [0, 0.1) is 0 Å². The topological polar surface area (TPSA) is 56.0 Å². The van der Waals surface area contributed by atoms with Crippen LogP contribution in [0.1, 0.15) is 10.4 Å². The highest BCUT2D eigenvalue weighted by Crippen LogP contribution is 2.25. The molecule has 3 aromatic rings. The van der Waals surface area contributed by atoms with Gasteiger partial charge in [-0.25, -0.2) is 4.98 Å². The Morgan fingerprint density at radius 2 is 1.89 bits per heavy atom. The molecule has 18 heavy (non-hydrogen) atoms. The lowest BCUT2D eigenvalue weighted by molar-refractivity contribution is 0.108. The van der Waals surface area contributed by atoms with Gasteiger partial charge < -0.3 is 4.42 Å². The van der Waals surface area contributed by atoms with Crippen LogP contribution in [-0.4, -0.2) is 15.1 Å². The number of hydrogen-bond acceptors (Lipinski definition) is 5. The van der Waals surface area contributed by atoms with Crippen molar-refractivity contribution in [1.82, 2.24) is 9.97 Å². The molecule has 0 atom stereocenters. The minimum atomic E-state index is -0.107. The zero-order valence-corrected chi connectivity index (χ0v) is 10.1. The van der Waals surface area contributed by atoms with Crippen LogP contribution < -0.4 is 0 Å². The first kappa shape index (κ1) is 11.0. The molecule has 1 aromatic carbocycles. The van der Waals surface area contributed by atoms with Crippen molar-refractivity contribution >= 4 is 28.0 Å². The van der Waals surface area contributed by atoms with E-state index in [1.165, 1.54) is 0 Å². The first-order valence-electron chi connectivity index (χ1n) is 5.31. The number of hydrogen-bond donors (Lipinski definition) is 0. The molecular weight excluding hydrogens is 248 g/mol. The second-order valence-electron chi connectivity index (χ2n) is 3.57. The van der Waals surface area contributed by atoms with Gasteiger partial charge in [0.05, 0.1) is 0 Å². The number of oxazole rings is 1. The van der Waals surface area contributed by atoms with E-state index in [-0.39, 0.29) is 5.12 Å². The smallest absolute Gasteiger partial charge is 0.264 e. The van der Waals surface area contributed by atoms with Gasteiger partial charge in [-0.1, -0.05) is 12.1 Å². The van der Waals surface area contributed by atoms with Gasteiger partial charge in [-0.3, -0.25) is 9.78 Å². The Bertz CT molecular complexity index is 661. The largest absolute Gasteiger partial charge is 0.431 e. The lowest BCUT2D eigenvalue weighted by Crippen LogP contribution is -1.92. The van der Waals surface area contributed by atoms with Crippen LogP contribution in [0.3, 0.4) is 0 Å². The molecule has 0 aliphatic carbocycles. The predicted octanol–water partition coefficient (Wildman–Crippen LogP) is 3.16. The summed E-state index contributed by atoms with van der Waals surface area (Å²) in [6, 6.07) is 10.7. The van der Waals surface area contributed by atoms with Gasteiger partial charge in [0.15, 0.2) is 5.58 Å². The van der Waals surface area contributed by atoms with Crippen LogP contribution in [-0.2, 0) is 0 Å². The molecule has 0 N–H and O–H groups in total. The molecule has 0 radical (unpaired) electrons. The number of pyridine rings is 1. The molecule has 0 saturated carbocycles. The highest BCUT2D eigenvalue weighted by Gasteiger charge is 2.13. The summed E-state index contributed by atoms with van der Waals surface area (Å²) in [5, 5.41) is 0.252. The van der Waals surface area contributed by atoms with Crippen LogP contribution in [0.5, 0.6) is 0 Å². The fourth-order valence-electron chi connectivity index (χ4n) is 1.52.